The van der Waals surface area contributed by atoms with Crippen LogP contribution in [0.4, 0.5) is 0 Å². The van der Waals surface area contributed by atoms with Crippen molar-refractivity contribution in [2.45, 2.75) is 13.5 Å². The van der Waals surface area contributed by atoms with E-state index >= 15 is 0 Å². The van der Waals surface area contributed by atoms with Crippen LogP contribution in [0.1, 0.15) is 18.1 Å². The summed E-state index contributed by atoms with van der Waals surface area (Å²) in [6.45, 7) is 2.81. The first-order chi connectivity index (χ1) is 13.5. The Labute approximate surface area is 191 Å². The molecule has 2 aromatic rings. The minimum atomic E-state index is -0.117. The number of carbonyl (C=O) groups is 1. The highest BCUT2D eigenvalue weighted by Gasteiger charge is 2.26. The molecule has 0 atom stereocenters. The number of thiocarbonyl (C=S) groups is 1. The molecular weight excluding hydrogens is 531 g/mol. The van der Waals surface area contributed by atoms with Gasteiger partial charge in [-0.05, 0) is 64.9 Å². The van der Waals surface area contributed by atoms with E-state index in [9.17, 15) is 4.79 Å². The van der Waals surface area contributed by atoms with Crippen LogP contribution in [-0.4, -0.2) is 33.8 Å². The predicted molar refractivity (Wildman–Crippen MR) is 126 cm³/mol. The van der Waals surface area contributed by atoms with Crippen molar-refractivity contribution in [3.63, 3.8) is 0 Å². The summed E-state index contributed by atoms with van der Waals surface area (Å²) in [5.41, 5.74) is 1.80. The highest BCUT2D eigenvalue weighted by atomic mass is 127. The van der Waals surface area contributed by atoms with Crippen LogP contribution in [0.5, 0.6) is 11.5 Å². The summed E-state index contributed by atoms with van der Waals surface area (Å²) in [5.74, 6) is 1.50. The number of thioether (sulfide) groups is 1. The van der Waals surface area contributed by atoms with Crippen molar-refractivity contribution in [3.05, 3.63) is 56.1 Å². The fourth-order valence-corrected chi connectivity index (χ4v) is 4.26. The van der Waals surface area contributed by atoms with Crippen molar-refractivity contribution in [1.82, 2.24) is 5.01 Å². The van der Waals surface area contributed by atoms with Gasteiger partial charge in [-0.25, -0.2) is 0 Å². The molecule has 0 N–H and O–H groups in total. The topological polar surface area (TPSA) is 51.1 Å². The van der Waals surface area contributed by atoms with Crippen LogP contribution in [0.2, 0.25) is 5.02 Å². The Morgan fingerprint density at radius 3 is 2.71 bits per heavy atom. The van der Waals surface area contributed by atoms with Crippen molar-refractivity contribution in [2.75, 3.05) is 12.4 Å². The summed E-state index contributed by atoms with van der Waals surface area (Å²) in [7, 11) is 0. The number of halogens is 2. The summed E-state index contributed by atoms with van der Waals surface area (Å²) in [4.78, 5) is 11.8. The van der Waals surface area contributed by atoms with Crippen molar-refractivity contribution in [1.29, 1.82) is 0 Å². The number of carbonyl (C=O) groups excluding carboxylic acids is 1. The van der Waals surface area contributed by atoms with E-state index in [1.807, 2.05) is 43.3 Å². The van der Waals surface area contributed by atoms with Gasteiger partial charge in [0, 0.05) is 5.02 Å². The van der Waals surface area contributed by atoms with Gasteiger partial charge in [-0.3, -0.25) is 4.79 Å². The van der Waals surface area contributed by atoms with Gasteiger partial charge in [-0.2, -0.15) is 10.1 Å². The van der Waals surface area contributed by atoms with E-state index < -0.39 is 0 Å². The van der Waals surface area contributed by atoms with Crippen LogP contribution in [0.25, 0.3) is 0 Å². The summed E-state index contributed by atoms with van der Waals surface area (Å²) >= 11 is 14.6. The SMILES string of the molecule is CCOc1cc(/C=N/N2C(=O)CSC2=S)cc(I)c1OCc1ccc(Cl)cc1. The Morgan fingerprint density at radius 2 is 2.07 bits per heavy atom. The zero-order valence-electron chi connectivity index (χ0n) is 14.9. The molecule has 1 saturated heterocycles. The Kier molecular flexibility index (Phi) is 7.55. The first-order valence-corrected chi connectivity index (χ1v) is 11.2. The molecule has 1 fully saturated rings. The van der Waals surface area contributed by atoms with Crippen LogP contribution in [0, 0.1) is 3.57 Å². The molecule has 146 valence electrons. The van der Waals surface area contributed by atoms with Gasteiger partial charge in [0.2, 0.25) is 0 Å². The summed E-state index contributed by atoms with van der Waals surface area (Å²) < 4.78 is 13.1. The number of hydrogen-bond donors (Lipinski definition) is 0. The number of rotatable bonds is 7. The molecule has 0 unspecified atom stereocenters. The number of ether oxygens (including phenoxy) is 2. The van der Waals surface area contributed by atoms with E-state index in [4.69, 9.17) is 33.3 Å². The van der Waals surface area contributed by atoms with Crippen molar-refractivity contribution >= 4 is 74.6 Å². The molecule has 28 heavy (non-hydrogen) atoms. The maximum atomic E-state index is 11.8. The lowest BCUT2D eigenvalue weighted by Crippen LogP contribution is -2.22. The Bertz CT molecular complexity index is 906. The third kappa shape index (κ3) is 5.37. The lowest BCUT2D eigenvalue weighted by atomic mass is 10.2. The number of hydrogen-bond acceptors (Lipinski definition) is 6. The molecule has 5 nitrogen and oxygen atoms in total. The van der Waals surface area contributed by atoms with Crippen LogP contribution in [-0.2, 0) is 11.4 Å². The minimum Gasteiger partial charge on any atom is -0.490 e. The second-order valence-corrected chi connectivity index (χ2v) is 8.89. The van der Waals surface area contributed by atoms with Gasteiger partial charge in [0.05, 0.1) is 22.1 Å². The molecule has 3 rings (SSSR count). The molecule has 1 heterocycles. The van der Waals surface area contributed by atoms with Crippen molar-refractivity contribution in [2.24, 2.45) is 5.10 Å². The van der Waals surface area contributed by atoms with Gasteiger partial charge in [-0.1, -0.05) is 47.7 Å². The van der Waals surface area contributed by atoms with E-state index in [1.54, 1.807) is 6.21 Å². The Morgan fingerprint density at radius 1 is 1.32 bits per heavy atom. The van der Waals surface area contributed by atoms with Gasteiger partial charge in [-0.15, -0.1) is 0 Å². The van der Waals surface area contributed by atoms with Crippen molar-refractivity contribution in [3.8, 4) is 11.5 Å². The van der Waals surface area contributed by atoms with Gasteiger partial charge < -0.3 is 9.47 Å². The molecule has 1 amide bonds. The van der Waals surface area contributed by atoms with E-state index in [2.05, 4.69) is 27.7 Å². The molecule has 0 spiro atoms. The van der Waals surface area contributed by atoms with Crippen LogP contribution in [0.3, 0.4) is 0 Å². The van der Waals surface area contributed by atoms with Crippen LogP contribution in [0.15, 0.2) is 41.5 Å². The maximum absolute atomic E-state index is 11.8. The van der Waals surface area contributed by atoms with E-state index in [0.29, 0.717) is 39.8 Å². The lowest BCUT2D eigenvalue weighted by Gasteiger charge is -2.15. The monoisotopic (exact) mass is 546 g/mol. The summed E-state index contributed by atoms with van der Waals surface area (Å²) in [5, 5.41) is 6.15. The largest absolute Gasteiger partial charge is 0.490 e. The smallest absolute Gasteiger partial charge is 0.259 e. The summed E-state index contributed by atoms with van der Waals surface area (Å²) in [6, 6.07) is 11.3. The molecule has 2 aromatic carbocycles. The third-order valence-electron chi connectivity index (χ3n) is 3.68. The van der Waals surface area contributed by atoms with Crippen LogP contribution >= 0.6 is 58.2 Å². The van der Waals surface area contributed by atoms with E-state index in [1.165, 1.54) is 16.8 Å². The third-order valence-corrected chi connectivity index (χ3v) is 6.07. The number of nitrogens with zero attached hydrogens (tertiary/aromatic N) is 2. The second-order valence-electron chi connectivity index (χ2n) is 5.68. The second kappa shape index (κ2) is 9.91. The van der Waals surface area contributed by atoms with Crippen LogP contribution < -0.4 is 9.47 Å². The number of hydrazone groups is 1. The molecule has 0 bridgehead atoms. The fourth-order valence-electron chi connectivity index (χ4n) is 2.39. The molecule has 0 aromatic heterocycles. The normalized spacial score (nSPS) is 14.2. The highest BCUT2D eigenvalue weighted by molar-refractivity contribution is 14.1. The van der Waals surface area contributed by atoms with E-state index in [0.717, 1.165) is 14.7 Å². The average molecular weight is 547 g/mol. The van der Waals surface area contributed by atoms with Gasteiger partial charge in [0.15, 0.2) is 15.8 Å². The predicted octanol–water partition coefficient (Wildman–Crippen LogP) is 5.12. The average Bonchev–Trinajstić information content (AvgIpc) is 2.99. The zero-order chi connectivity index (χ0) is 20.1. The van der Waals surface area contributed by atoms with Crippen molar-refractivity contribution < 1.29 is 14.3 Å². The van der Waals surface area contributed by atoms with Gasteiger partial charge in [0.1, 0.15) is 6.61 Å². The molecule has 1 aliphatic heterocycles. The molecule has 0 saturated carbocycles. The van der Waals surface area contributed by atoms with Gasteiger partial charge in [0.25, 0.3) is 5.91 Å². The number of amides is 1. The minimum absolute atomic E-state index is 0.117. The molecule has 0 aliphatic carbocycles. The number of benzene rings is 2. The first-order valence-electron chi connectivity index (χ1n) is 8.35. The zero-order valence-corrected chi connectivity index (χ0v) is 19.4. The Hall–Kier alpha value is -1.36. The lowest BCUT2D eigenvalue weighted by molar-refractivity contribution is -0.123. The fraction of sp³-hybridized carbons (Fsp3) is 0.211. The molecule has 1 aliphatic rings. The standard InChI is InChI=1S/C19H16ClIN2O3S2/c1-2-25-16-8-13(9-22-23-17(24)11-28-19(23)27)7-15(21)18(16)26-10-12-3-5-14(20)6-4-12/h3-9H,2,10-11H2,1H3/b22-9+. The highest BCUT2D eigenvalue weighted by Crippen LogP contribution is 2.34. The molecule has 9 heteroatoms. The first kappa shape index (κ1) is 21.4. The quantitative estimate of drug-likeness (QED) is 0.274. The van der Waals surface area contributed by atoms with E-state index in [-0.39, 0.29) is 5.91 Å². The summed E-state index contributed by atoms with van der Waals surface area (Å²) in [6.07, 6.45) is 1.60. The maximum Gasteiger partial charge on any atom is 0.259 e. The van der Waals surface area contributed by atoms with Gasteiger partial charge >= 0.3 is 0 Å². The molecular formula is C19H16ClIN2O3S2. The Balaban J connectivity index is 1.80. The molecule has 0 radical (unpaired) electrons.